The molecule has 0 aliphatic rings. The Kier molecular flexibility index (Phi) is 19.1. The highest BCUT2D eigenvalue weighted by molar-refractivity contribution is 5.86. The van der Waals surface area contributed by atoms with E-state index in [1.807, 2.05) is 0 Å². The molecule has 17 heavy (non-hydrogen) atoms. The van der Waals surface area contributed by atoms with Gasteiger partial charge in [0.05, 0.1) is 0 Å². The van der Waals surface area contributed by atoms with Gasteiger partial charge >= 0.3 is 0 Å². The average molecular weight is 242 g/mol. The minimum absolute atomic E-state index is 0.144. The highest BCUT2D eigenvalue weighted by Crippen LogP contribution is 2.07. The number of carbonyl (C=O) groups is 1. The van der Waals surface area contributed by atoms with Crippen LogP contribution in [-0.4, -0.2) is 19.5 Å². The van der Waals surface area contributed by atoms with Gasteiger partial charge in [0.2, 0.25) is 5.91 Å². The molecule has 0 atom stereocenters. The Morgan fingerprint density at radius 2 is 1.59 bits per heavy atom. The van der Waals surface area contributed by atoms with Gasteiger partial charge in [-0.3, -0.25) is 4.79 Å². The molecule has 0 fully saturated rings. The quantitative estimate of drug-likeness (QED) is 0.482. The smallest absolute Gasteiger partial charge is 0.243 e. The van der Waals surface area contributed by atoms with Gasteiger partial charge in [0.1, 0.15) is 0 Å². The topological polar surface area (TPSA) is 55.1 Å². The van der Waals surface area contributed by atoms with Crippen molar-refractivity contribution in [2.75, 3.05) is 13.6 Å². The summed E-state index contributed by atoms with van der Waals surface area (Å²) < 4.78 is 0. The Hall–Kier alpha value is -0.830. The Balaban J connectivity index is 0. The molecule has 0 aromatic rings. The second-order valence-electron chi connectivity index (χ2n) is 4.08. The van der Waals surface area contributed by atoms with Crippen LogP contribution in [-0.2, 0) is 4.79 Å². The summed E-state index contributed by atoms with van der Waals surface area (Å²) in [6.07, 6.45) is 12.2. The van der Waals surface area contributed by atoms with Crippen molar-refractivity contribution in [2.24, 2.45) is 5.73 Å². The van der Waals surface area contributed by atoms with Gasteiger partial charge in [-0.2, -0.15) is 0 Å². The van der Waals surface area contributed by atoms with Gasteiger partial charge < -0.3 is 11.1 Å². The van der Waals surface area contributed by atoms with Crippen LogP contribution in [0.4, 0.5) is 0 Å². The van der Waals surface area contributed by atoms with E-state index >= 15 is 0 Å². The lowest BCUT2D eigenvalue weighted by Gasteiger charge is -1.99. The first-order valence-corrected chi connectivity index (χ1v) is 6.77. The zero-order valence-corrected chi connectivity index (χ0v) is 11.6. The molecule has 0 spiro atoms. The van der Waals surface area contributed by atoms with Gasteiger partial charge in [0.25, 0.3) is 0 Å². The summed E-state index contributed by atoms with van der Waals surface area (Å²) in [7, 11) is 1.56. The number of hydrogen-bond donors (Lipinski definition) is 2. The monoisotopic (exact) mass is 242 g/mol. The number of nitrogens with one attached hydrogen (secondary N) is 1. The van der Waals surface area contributed by atoms with Crippen LogP contribution in [0.3, 0.4) is 0 Å². The number of unbranched alkanes of at least 4 members (excludes halogenated alkanes) is 7. The first-order chi connectivity index (χ1) is 8.22. The molecule has 0 radical (unpaired) electrons. The zero-order chi connectivity index (χ0) is 13.4. The van der Waals surface area contributed by atoms with E-state index < -0.39 is 0 Å². The van der Waals surface area contributed by atoms with Crippen molar-refractivity contribution in [2.45, 2.75) is 58.3 Å². The van der Waals surface area contributed by atoms with Crippen LogP contribution >= 0.6 is 0 Å². The summed E-state index contributed by atoms with van der Waals surface area (Å²) in [5.74, 6) is -0.144. The molecule has 102 valence electrons. The Bertz CT molecular complexity index is 162. The van der Waals surface area contributed by atoms with Gasteiger partial charge in [-0.15, -0.1) is 0 Å². The molecule has 0 unspecified atom stereocenters. The van der Waals surface area contributed by atoms with Gasteiger partial charge in [-0.1, -0.05) is 58.4 Å². The Morgan fingerprint density at radius 3 is 1.88 bits per heavy atom. The molecular formula is C14H30N2O. The molecule has 0 heterocycles. The fourth-order valence-corrected chi connectivity index (χ4v) is 1.38. The number of likely N-dealkylation sites (N-methyl/N-ethyl adjacent to an activating group) is 1. The van der Waals surface area contributed by atoms with E-state index in [0.29, 0.717) is 0 Å². The number of hydrogen-bond acceptors (Lipinski definition) is 2. The number of rotatable bonds is 9. The molecule has 1 amide bonds. The highest BCUT2D eigenvalue weighted by Gasteiger charge is 1.89. The molecule has 3 heteroatoms. The molecule has 0 aromatic carbocycles. The highest BCUT2D eigenvalue weighted by atomic mass is 16.1. The van der Waals surface area contributed by atoms with Crippen molar-refractivity contribution in [3.05, 3.63) is 12.7 Å². The van der Waals surface area contributed by atoms with Crippen LogP contribution in [0.25, 0.3) is 0 Å². The minimum Gasteiger partial charge on any atom is -0.356 e. The van der Waals surface area contributed by atoms with Gasteiger partial charge in [-0.25, -0.2) is 0 Å². The van der Waals surface area contributed by atoms with Crippen LogP contribution in [0.2, 0.25) is 0 Å². The van der Waals surface area contributed by atoms with Crippen LogP contribution in [0.1, 0.15) is 58.3 Å². The first-order valence-electron chi connectivity index (χ1n) is 6.77. The number of nitrogens with two attached hydrogens (primary N) is 1. The van der Waals surface area contributed by atoms with Crippen LogP contribution in [0.5, 0.6) is 0 Å². The minimum atomic E-state index is -0.144. The molecule has 0 aromatic heterocycles. The Labute approximate surface area is 107 Å². The lowest BCUT2D eigenvalue weighted by molar-refractivity contribution is -0.116. The second kappa shape index (κ2) is 17.6. The molecule has 3 N–H and O–H groups in total. The summed E-state index contributed by atoms with van der Waals surface area (Å²) in [5.41, 5.74) is 5.39. The van der Waals surface area contributed by atoms with E-state index in [1.54, 1.807) is 7.05 Å². The summed E-state index contributed by atoms with van der Waals surface area (Å²) in [6.45, 7) is 6.35. The SMILES string of the molecule is C=CC(=O)NC.CCCCCCCCCCN. The lowest BCUT2D eigenvalue weighted by Crippen LogP contribution is -2.13. The first kappa shape index (κ1) is 18.5. The normalized spacial score (nSPS) is 9.12. The largest absolute Gasteiger partial charge is 0.356 e. The molecule has 3 nitrogen and oxygen atoms in total. The van der Waals surface area contributed by atoms with Crippen LogP contribution < -0.4 is 11.1 Å². The van der Waals surface area contributed by atoms with E-state index in [2.05, 4.69) is 18.8 Å². The lowest BCUT2D eigenvalue weighted by atomic mass is 10.1. The van der Waals surface area contributed by atoms with E-state index in [0.717, 1.165) is 6.54 Å². The average Bonchev–Trinajstić information content (AvgIpc) is 2.37. The van der Waals surface area contributed by atoms with Crippen molar-refractivity contribution in [3.8, 4) is 0 Å². The van der Waals surface area contributed by atoms with Crippen LogP contribution in [0, 0.1) is 0 Å². The van der Waals surface area contributed by atoms with E-state index in [1.165, 1.54) is 57.4 Å². The third-order valence-corrected chi connectivity index (χ3v) is 2.49. The van der Waals surface area contributed by atoms with E-state index in [-0.39, 0.29) is 5.91 Å². The van der Waals surface area contributed by atoms with Crippen molar-refractivity contribution < 1.29 is 4.79 Å². The van der Waals surface area contributed by atoms with Gasteiger partial charge in [0, 0.05) is 7.05 Å². The van der Waals surface area contributed by atoms with Crippen molar-refractivity contribution >= 4 is 5.91 Å². The predicted octanol–water partition coefficient (Wildman–Crippen LogP) is 3.00. The van der Waals surface area contributed by atoms with E-state index in [4.69, 9.17) is 5.73 Å². The summed E-state index contributed by atoms with van der Waals surface area (Å²) in [6, 6.07) is 0. The van der Waals surface area contributed by atoms with E-state index in [9.17, 15) is 4.79 Å². The maximum absolute atomic E-state index is 9.95. The van der Waals surface area contributed by atoms with Crippen molar-refractivity contribution in [1.82, 2.24) is 5.32 Å². The van der Waals surface area contributed by atoms with Gasteiger partial charge in [0.15, 0.2) is 0 Å². The summed E-state index contributed by atoms with van der Waals surface area (Å²) in [4.78, 5) is 9.95. The Morgan fingerprint density at radius 1 is 1.12 bits per heavy atom. The fraction of sp³-hybridized carbons (Fsp3) is 0.786. The zero-order valence-electron chi connectivity index (χ0n) is 11.6. The van der Waals surface area contributed by atoms with Crippen molar-refractivity contribution in [3.63, 3.8) is 0 Å². The van der Waals surface area contributed by atoms with Crippen molar-refractivity contribution in [1.29, 1.82) is 0 Å². The molecule has 0 saturated carbocycles. The molecule has 0 aliphatic carbocycles. The molecule has 0 rings (SSSR count). The number of amides is 1. The standard InChI is InChI=1S/C10H23N.C4H7NO/c1-2-3-4-5-6-7-8-9-10-11;1-3-4(6)5-2/h2-11H2,1H3;3H,1H2,2H3,(H,5,6). The maximum atomic E-state index is 9.95. The molecule has 0 saturated heterocycles. The third-order valence-electron chi connectivity index (χ3n) is 2.49. The summed E-state index contributed by atoms with van der Waals surface area (Å²) in [5, 5.41) is 2.36. The third kappa shape index (κ3) is 21.1. The number of carbonyl (C=O) groups excluding carboxylic acids is 1. The molecular weight excluding hydrogens is 212 g/mol. The van der Waals surface area contributed by atoms with Gasteiger partial charge in [-0.05, 0) is 19.0 Å². The van der Waals surface area contributed by atoms with Crippen LogP contribution in [0.15, 0.2) is 12.7 Å². The predicted molar refractivity (Wildman–Crippen MR) is 75.9 cm³/mol. The molecule has 0 bridgehead atoms. The fourth-order valence-electron chi connectivity index (χ4n) is 1.38. The maximum Gasteiger partial charge on any atom is 0.243 e. The summed E-state index contributed by atoms with van der Waals surface area (Å²) >= 11 is 0. The second-order valence-corrected chi connectivity index (χ2v) is 4.08. The molecule has 0 aliphatic heterocycles.